The molecule has 3 N–H and O–H groups in total. The topological polar surface area (TPSA) is 38.0 Å². The summed E-state index contributed by atoms with van der Waals surface area (Å²) in [6, 6.07) is 0. The van der Waals surface area contributed by atoms with Gasteiger partial charge >= 0.3 is 0 Å². The molecule has 2 heteroatoms. The minimum atomic E-state index is 0.619. The Bertz CT molecular complexity index is 166. The molecule has 0 spiro atoms. The van der Waals surface area contributed by atoms with E-state index < -0.39 is 0 Å². The predicted octanol–water partition coefficient (Wildman–Crippen LogP) is 2.00. The van der Waals surface area contributed by atoms with Gasteiger partial charge in [-0.15, -0.1) is 0 Å². The number of nitrogens with one attached hydrogen (secondary N) is 1. The average Bonchev–Trinajstić information content (AvgIpc) is 2.71. The number of nitrogens with two attached hydrogens (primary N) is 1. The van der Waals surface area contributed by atoms with Gasteiger partial charge < -0.3 is 11.1 Å². The second-order valence-corrected chi connectivity index (χ2v) is 5.58. The summed E-state index contributed by atoms with van der Waals surface area (Å²) in [5.74, 6) is 1.70. The molecule has 0 saturated heterocycles. The summed E-state index contributed by atoms with van der Waals surface area (Å²) in [5.41, 5.74) is 6.10. The van der Waals surface area contributed by atoms with Crippen molar-refractivity contribution in [2.75, 3.05) is 19.6 Å². The highest BCUT2D eigenvalue weighted by Gasteiger charge is 2.44. The van der Waals surface area contributed by atoms with Crippen LogP contribution in [0.4, 0.5) is 0 Å². The molecule has 0 aromatic carbocycles. The maximum Gasteiger partial charge on any atom is -0.00151 e. The lowest BCUT2D eigenvalue weighted by molar-refractivity contribution is 0.445. The van der Waals surface area contributed by atoms with Crippen molar-refractivity contribution in [1.29, 1.82) is 0 Å². The SMILES string of the molecule is CC(CCCN)CNCC1CC1(C)C. The van der Waals surface area contributed by atoms with E-state index in [1.54, 1.807) is 0 Å². The molecule has 0 radical (unpaired) electrons. The molecule has 1 fully saturated rings. The van der Waals surface area contributed by atoms with Gasteiger partial charge in [-0.05, 0) is 56.1 Å². The molecule has 2 atom stereocenters. The number of rotatable bonds is 7. The zero-order chi connectivity index (χ0) is 10.6. The van der Waals surface area contributed by atoms with Gasteiger partial charge in [-0.2, -0.15) is 0 Å². The van der Waals surface area contributed by atoms with Gasteiger partial charge in [0, 0.05) is 0 Å². The standard InChI is InChI=1S/C12H26N2/c1-10(5-4-6-13)8-14-9-11-7-12(11,2)3/h10-11,14H,4-9,13H2,1-3H3. The summed E-state index contributed by atoms with van der Waals surface area (Å²) in [7, 11) is 0. The van der Waals surface area contributed by atoms with Gasteiger partial charge in [0.1, 0.15) is 0 Å². The fourth-order valence-corrected chi connectivity index (χ4v) is 2.00. The first-order chi connectivity index (χ1) is 6.56. The first-order valence-electron chi connectivity index (χ1n) is 5.97. The van der Waals surface area contributed by atoms with E-state index in [1.165, 1.54) is 19.4 Å². The Morgan fingerprint density at radius 2 is 2.14 bits per heavy atom. The summed E-state index contributed by atoms with van der Waals surface area (Å²) in [6.07, 6.45) is 3.83. The lowest BCUT2D eigenvalue weighted by atomic mass is 10.1. The zero-order valence-electron chi connectivity index (χ0n) is 9.97. The minimum Gasteiger partial charge on any atom is -0.330 e. The molecule has 0 aliphatic heterocycles. The van der Waals surface area contributed by atoms with E-state index >= 15 is 0 Å². The van der Waals surface area contributed by atoms with E-state index in [2.05, 4.69) is 26.1 Å². The van der Waals surface area contributed by atoms with Gasteiger partial charge in [-0.25, -0.2) is 0 Å². The van der Waals surface area contributed by atoms with Crippen LogP contribution < -0.4 is 11.1 Å². The maximum atomic E-state index is 5.48. The highest BCUT2D eigenvalue weighted by atomic mass is 14.9. The first-order valence-corrected chi connectivity index (χ1v) is 5.97. The third-order valence-electron chi connectivity index (χ3n) is 3.50. The van der Waals surface area contributed by atoms with Gasteiger partial charge in [0.05, 0.1) is 0 Å². The van der Waals surface area contributed by atoms with Crippen molar-refractivity contribution < 1.29 is 0 Å². The highest BCUT2D eigenvalue weighted by molar-refractivity contribution is 4.96. The molecule has 2 nitrogen and oxygen atoms in total. The molecule has 0 heterocycles. The van der Waals surface area contributed by atoms with Crippen molar-refractivity contribution in [1.82, 2.24) is 5.32 Å². The Labute approximate surface area is 88.6 Å². The van der Waals surface area contributed by atoms with Crippen LogP contribution in [0.1, 0.15) is 40.0 Å². The van der Waals surface area contributed by atoms with Gasteiger partial charge in [-0.1, -0.05) is 20.8 Å². The predicted molar refractivity (Wildman–Crippen MR) is 62.2 cm³/mol. The van der Waals surface area contributed by atoms with Gasteiger partial charge in [0.25, 0.3) is 0 Å². The van der Waals surface area contributed by atoms with E-state index in [-0.39, 0.29) is 0 Å². The van der Waals surface area contributed by atoms with Crippen molar-refractivity contribution in [2.45, 2.75) is 40.0 Å². The molecule has 1 saturated carbocycles. The quantitative estimate of drug-likeness (QED) is 0.656. The molecule has 14 heavy (non-hydrogen) atoms. The summed E-state index contributed by atoms with van der Waals surface area (Å²) in [5, 5.41) is 3.57. The van der Waals surface area contributed by atoms with Crippen LogP contribution in [0.5, 0.6) is 0 Å². The normalized spacial score (nSPS) is 26.1. The van der Waals surface area contributed by atoms with Gasteiger partial charge in [-0.3, -0.25) is 0 Å². The van der Waals surface area contributed by atoms with Crippen LogP contribution in [-0.2, 0) is 0 Å². The Morgan fingerprint density at radius 1 is 1.50 bits per heavy atom. The third kappa shape index (κ3) is 3.97. The van der Waals surface area contributed by atoms with Crippen molar-refractivity contribution in [3.8, 4) is 0 Å². The van der Waals surface area contributed by atoms with Crippen LogP contribution in [0.2, 0.25) is 0 Å². The van der Waals surface area contributed by atoms with Crippen LogP contribution in [0.15, 0.2) is 0 Å². The third-order valence-corrected chi connectivity index (χ3v) is 3.50. The maximum absolute atomic E-state index is 5.48. The van der Waals surface area contributed by atoms with Crippen LogP contribution >= 0.6 is 0 Å². The molecule has 0 bridgehead atoms. The van der Waals surface area contributed by atoms with E-state index in [4.69, 9.17) is 5.73 Å². The molecule has 0 amide bonds. The lowest BCUT2D eigenvalue weighted by Crippen LogP contribution is -2.24. The highest BCUT2D eigenvalue weighted by Crippen LogP contribution is 2.50. The summed E-state index contributed by atoms with van der Waals surface area (Å²) in [4.78, 5) is 0. The van der Waals surface area contributed by atoms with Gasteiger partial charge in [0.15, 0.2) is 0 Å². The summed E-state index contributed by atoms with van der Waals surface area (Å²) >= 11 is 0. The minimum absolute atomic E-state index is 0.619. The van der Waals surface area contributed by atoms with E-state index in [1.807, 2.05) is 0 Å². The van der Waals surface area contributed by atoms with Crippen molar-refractivity contribution in [2.24, 2.45) is 23.0 Å². The molecule has 2 unspecified atom stereocenters. The second-order valence-electron chi connectivity index (χ2n) is 5.58. The number of hydrogen-bond acceptors (Lipinski definition) is 2. The van der Waals surface area contributed by atoms with Crippen LogP contribution in [0.3, 0.4) is 0 Å². The van der Waals surface area contributed by atoms with Crippen molar-refractivity contribution in [3.63, 3.8) is 0 Å². The van der Waals surface area contributed by atoms with Crippen LogP contribution in [0, 0.1) is 17.3 Å². The Balaban J connectivity index is 1.94. The second kappa shape index (κ2) is 5.13. The van der Waals surface area contributed by atoms with Crippen molar-refractivity contribution in [3.05, 3.63) is 0 Å². The molecule has 1 rings (SSSR count). The smallest absolute Gasteiger partial charge is 0.00151 e. The van der Waals surface area contributed by atoms with Gasteiger partial charge in [0.2, 0.25) is 0 Å². The Morgan fingerprint density at radius 3 is 2.64 bits per heavy atom. The monoisotopic (exact) mass is 198 g/mol. The lowest BCUT2D eigenvalue weighted by Gasteiger charge is -2.12. The summed E-state index contributed by atoms with van der Waals surface area (Å²) < 4.78 is 0. The average molecular weight is 198 g/mol. The van der Waals surface area contributed by atoms with Crippen LogP contribution in [0.25, 0.3) is 0 Å². The van der Waals surface area contributed by atoms with Crippen LogP contribution in [-0.4, -0.2) is 19.6 Å². The fourth-order valence-electron chi connectivity index (χ4n) is 2.00. The number of hydrogen-bond donors (Lipinski definition) is 2. The Hall–Kier alpha value is -0.0800. The molecule has 84 valence electrons. The van der Waals surface area contributed by atoms with E-state index in [0.717, 1.165) is 31.3 Å². The molecular weight excluding hydrogens is 172 g/mol. The van der Waals surface area contributed by atoms with E-state index in [0.29, 0.717) is 5.41 Å². The van der Waals surface area contributed by atoms with E-state index in [9.17, 15) is 0 Å². The largest absolute Gasteiger partial charge is 0.330 e. The molecule has 1 aliphatic rings. The molecule has 1 aliphatic carbocycles. The summed E-state index contributed by atoms with van der Waals surface area (Å²) in [6.45, 7) is 10.2. The fraction of sp³-hybridized carbons (Fsp3) is 1.00. The Kier molecular flexibility index (Phi) is 4.39. The molecular formula is C12H26N2. The van der Waals surface area contributed by atoms with Crippen molar-refractivity contribution >= 4 is 0 Å². The molecule has 0 aromatic rings. The molecule has 0 aromatic heterocycles. The first kappa shape index (κ1) is 12.0. The zero-order valence-corrected chi connectivity index (χ0v) is 9.97.